The lowest BCUT2D eigenvalue weighted by Gasteiger charge is -2.28. The number of ether oxygens (including phenoxy) is 1. The second-order valence-electron chi connectivity index (χ2n) is 9.47. The van der Waals surface area contributed by atoms with Crippen LogP contribution in [0.3, 0.4) is 0 Å². The van der Waals surface area contributed by atoms with E-state index in [0.29, 0.717) is 5.92 Å². The zero-order valence-electron chi connectivity index (χ0n) is 20.0. The van der Waals surface area contributed by atoms with Crippen LogP contribution in [0, 0.1) is 5.92 Å². The van der Waals surface area contributed by atoms with Crippen molar-refractivity contribution in [1.29, 1.82) is 0 Å². The first-order chi connectivity index (χ1) is 15.3. The minimum atomic E-state index is 0.657. The van der Waals surface area contributed by atoms with Crippen molar-refractivity contribution in [2.75, 3.05) is 6.61 Å². The molecule has 0 bridgehead atoms. The SMILES string of the molecule is CCCCCCOc1ccc(-c2ccc([C@H]3CC[C@H](CCCCCC)CC3)nc2)cc1. The van der Waals surface area contributed by atoms with Gasteiger partial charge in [-0.1, -0.05) is 83.4 Å². The molecule has 0 amide bonds. The van der Waals surface area contributed by atoms with E-state index in [-0.39, 0.29) is 0 Å². The molecule has 1 heterocycles. The van der Waals surface area contributed by atoms with Crippen LogP contribution >= 0.6 is 0 Å². The highest BCUT2D eigenvalue weighted by atomic mass is 16.5. The van der Waals surface area contributed by atoms with E-state index < -0.39 is 0 Å². The average Bonchev–Trinajstić information content (AvgIpc) is 2.83. The molecule has 2 heteroatoms. The van der Waals surface area contributed by atoms with Crippen LogP contribution in [0.25, 0.3) is 11.1 Å². The number of aromatic nitrogens is 1. The monoisotopic (exact) mass is 421 g/mol. The number of pyridine rings is 1. The number of unbranched alkanes of at least 4 members (excludes halogenated alkanes) is 6. The molecule has 1 aliphatic rings. The van der Waals surface area contributed by atoms with Gasteiger partial charge in [-0.15, -0.1) is 0 Å². The van der Waals surface area contributed by atoms with Gasteiger partial charge in [0.05, 0.1) is 6.61 Å². The first-order valence-electron chi connectivity index (χ1n) is 13.0. The molecule has 2 aromatic rings. The molecule has 0 N–H and O–H groups in total. The summed E-state index contributed by atoms with van der Waals surface area (Å²) in [6, 6.07) is 13.0. The maximum absolute atomic E-state index is 5.87. The number of rotatable bonds is 13. The number of hydrogen-bond acceptors (Lipinski definition) is 2. The fourth-order valence-electron chi connectivity index (χ4n) is 4.89. The van der Waals surface area contributed by atoms with Gasteiger partial charge in [-0.2, -0.15) is 0 Å². The van der Waals surface area contributed by atoms with E-state index in [1.165, 1.54) is 93.9 Å². The zero-order valence-corrected chi connectivity index (χ0v) is 20.0. The Hall–Kier alpha value is -1.83. The predicted octanol–water partition coefficient (Wildman–Crippen LogP) is 8.95. The van der Waals surface area contributed by atoms with E-state index in [0.717, 1.165) is 24.7 Å². The van der Waals surface area contributed by atoms with Crippen LogP contribution in [-0.4, -0.2) is 11.6 Å². The van der Waals surface area contributed by atoms with Gasteiger partial charge in [0.2, 0.25) is 0 Å². The standard InChI is InChI=1S/C29H43NO/c1-3-5-7-9-11-24-12-14-26(15-13-24)29-21-18-27(23-30-29)25-16-19-28(20-17-25)31-22-10-8-6-4-2/h16-21,23-24,26H,3-15,22H2,1-2H3/t24-,26-. The van der Waals surface area contributed by atoms with E-state index in [1.807, 2.05) is 0 Å². The molecule has 1 aliphatic carbocycles. The summed E-state index contributed by atoms with van der Waals surface area (Å²) in [5, 5.41) is 0. The molecular formula is C29H43NO. The Labute approximate surface area is 190 Å². The summed E-state index contributed by atoms with van der Waals surface area (Å²) in [6.07, 6.45) is 19.5. The lowest BCUT2D eigenvalue weighted by atomic mass is 9.78. The predicted molar refractivity (Wildman–Crippen MR) is 133 cm³/mol. The quantitative estimate of drug-likeness (QED) is 0.301. The van der Waals surface area contributed by atoms with Crippen LogP contribution in [0.15, 0.2) is 42.6 Å². The summed E-state index contributed by atoms with van der Waals surface area (Å²) in [5.41, 5.74) is 3.70. The van der Waals surface area contributed by atoms with Crippen LogP contribution < -0.4 is 4.74 Å². The average molecular weight is 422 g/mol. The number of hydrogen-bond donors (Lipinski definition) is 0. The summed E-state index contributed by atoms with van der Waals surface area (Å²) in [4.78, 5) is 4.86. The van der Waals surface area contributed by atoms with Gasteiger partial charge >= 0.3 is 0 Å². The first kappa shape index (κ1) is 23.8. The van der Waals surface area contributed by atoms with E-state index in [2.05, 4.69) is 56.4 Å². The molecule has 1 aromatic carbocycles. The summed E-state index contributed by atoms with van der Waals surface area (Å²) in [7, 11) is 0. The van der Waals surface area contributed by atoms with Gasteiger partial charge in [0.15, 0.2) is 0 Å². The van der Waals surface area contributed by atoms with Crippen molar-refractivity contribution in [3.63, 3.8) is 0 Å². The molecule has 1 saturated carbocycles. The second kappa shape index (κ2) is 13.6. The molecule has 0 atom stereocenters. The number of benzene rings is 1. The summed E-state index contributed by atoms with van der Waals surface area (Å²) < 4.78 is 5.87. The molecule has 2 nitrogen and oxygen atoms in total. The van der Waals surface area contributed by atoms with E-state index in [1.54, 1.807) is 0 Å². The van der Waals surface area contributed by atoms with Crippen molar-refractivity contribution in [3.05, 3.63) is 48.3 Å². The van der Waals surface area contributed by atoms with Crippen LogP contribution in [0.4, 0.5) is 0 Å². The topological polar surface area (TPSA) is 22.1 Å². The van der Waals surface area contributed by atoms with Crippen molar-refractivity contribution >= 4 is 0 Å². The summed E-state index contributed by atoms with van der Waals surface area (Å²) in [6.45, 7) is 5.35. The third kappa shape index (κ3) is 7.98. The van der Waals surface area contributed by atoms with Crippen LogP contribution in [0.1, 0.15) is 109 Å². The molecule has 0 saturated heterocycles. The summed E-state index contributed by atoms with van der Waals surface area (Å²) in [5.74, 6) is 2.58. The molecule has 0 unspecified atom stereocenters. The Morgan fingerprint density at radius 2 is 1.42 bits per heavy atom. The maximum atomic E-state index is 5.87. The molecule has 3 rings (SSSR count). The Morgan fingerprint density at radius 3 is 2.06 bits per heavy atom. The largest absolute Gasteiger partial charge is 0.494 e. The third-order valence-corrected chi connectivity index (χ3v) is 6.97. The molecule has 0 spiro atoms. The molecule has 1 aromatic heterocycles. The minimum absolute atomic E-state index is 0.657. The molecule has 0 aliphatic heterocycles. The van der Waals surface area contributed by atoms with E-state index >= 15 is 0 Å². The van der Waals surface area contributed by atoms with E-state index in [9.17, 15) is 0 Å². The summed E-state index contributed by atoms with van der Waals surface area (Å²) >= 11 is 0. The van der Waals surface area contributed by atoms with Gasteiger partial charge in [0.1, 0.15) is 5.75 Å². The fraction of sp³-hybridized carbons (Fsp3) is 0.621. The van der Waals surface area contributed by atoms with E-state index in [4.69, 9.17) is 9.72 Å². The first-order valence-corrected chi connectivity index (χ1v) is 13.0. The van der Waals surface area contributed by atoms with Gasteiger partial charge in [0.25, 0.3) is 0 Å². The third-order valence-electron chi connectivity index (χ3n) is 6.97. The van der Waals surface area contributed by atoms with Crippen LogP contribution in [-0.2, 0) is 0 Å². The molecule has 1 fully saturated rings. The van der Waals surface area contributed by atoms with Gasteiger partial charge in [-0.3, -0.25) is 4.98 Å². The molecule has 0 radical (unpaired) electrons. The van der Waals surface area contributed by atoms with Gasteiger partial charge in [-0.25, -0.2) is 0 Å². The van der Waals surface area contributed by atoms with Crippen molar-refractivity contribution in [1.82, 2.24) is 4.98 Å². The fourth-order valence-corrected chi connectivity index (χ4v) is 4.89. The van der Waals surface area contributed by atoms with Crippen molar-refractivity contribution < 1.29 is 4.74 Å². The maximum Gasteiger partial charge on any atom is 0.119 e. The van der Waals surface area contributed by atoms with Crippen LogP contribution in [0.5, 0.6) is 5.75 Å². The van der Waals surface area contributed by atoms with Crippen molar-refractivity contribution in [3.8, 4) is 16.9 Å². The van der Waals surface area contributed by atoms with Crippen molar-refractivity contribution in [2.45, 2.75) is 103 Å². The Morgan fingerprint density at radius 1 is 0.742 bits per heavy atom. The van der Waals surface area contributed by atoms with Gasteiger partial charge in [0, 0.05) is 23.4 Å². The normalized spacial score (nSPS) is 18.8. The van der Waals surface area contributed by atoms with Gasteiger partial charge in [-0.05, 0) is 61.8 Å². The second-order valence-corrected chi connectivity index (χ2v) is 9.47. The van der Waals surface area contributed by atoms with Crippen molar-refractivity contribution in [2.24, 2.45) is 5.92 Å². The lowest BCUT2D eigenvalue weighted by molar-refractivity contribution is 0.299. The molecule has 31 heavy (non-hydrogen) atoms. The smallest absolute Gasteiger partial charge is 0.119 e. The van der Waals surface area contributed by atoms with Crippen LogP contribution in [0.2, 0.25) is 0 Å². The highest BCUT2D eigenvalue weighted by Crippen LogP contribution is 2.37. The lowest BCUT2D eigenvalue weighted by Crippen LogP contribution is -2.14. The highest BCUT2D eigenvalue weighted by Gasteiger charge is 2.22. The highest BCUT2D eigenvalue weighted by molar-refractivity contribution is 5.63. The Bertz CT molecular complexity index is 713. The Balaban J connectivity index is 1.44. The van der Waals surface area contributed by atoms with Gasteiger partial charge < -0.3 is 4.74 Å². The zero-order chi connectivity index (χ0) is 21.7. The molecular weight excluding hydrogens is 378 g/mol. The minimum Gasteiger partial charge on any atom is -0.494 e. The Kier molecular flexibility index (Phi) is 10.4. The molecule has 170 valence electrons. The number of nitrogens with zero attached hydrogens (tertiary/aromatic N) is 1.